The number of nitriles is 1. The first-order valence-electron chi connectivity index (χ1n) is 9.27. The molecule has 3 aromatic rings. The van der Waals surface area contributed by atoms with Gasteiger partial charge in [0.05, 0.1) is 18.0 Å². The summed E-state index contributed by atoms with van der Waals surface area (Å²) in [5.41, 5.74) is 2.52. The van der Waals surface area contributed by atoms with Gasteiger partial charge >= 0.3 is 0 Å². The van der Waals surface area contributed by atoms with Crippen molar-refractivity contribution in [2.45, 2.75) is 17.0 Å². The molecular weight excluding hydrogens is 386 g/mol. The van der Waals surface area contributed by atoms with Gasteiger partial charge in [0, 0.05) is 44.0 Å². The summed E-state index contributed by atoms with van der Waals surface area (Å²) in [5.74, 6) is -0.00895. The number of anilines is 1. The molecule has 0 aliphatic carbocycles. The lowest BCUT2D eigenvalue weighted by Crippen LogP contribution is -2.32. The van der Waals surface area contributed by atoms with E-state index in [1.54, 1.807) is 23.7 Å². The largest absolute Gasteiger partial charge is 0.380 e. The van der Waals surface area contributed by atoms with Crippen LogP contribution >= 0.6 is 0 Å². The number of aryl methyl sites for hydroxylation is 1. The third-order valence-corrected chi connectivity index (χ3v) is 6.88. The number of sulfonamides is 1. The normalized spacial score (nSPS) is 19.7. The van der Waals surface area contributed by atoms with E-state index in [2.05, 4.69) is 16.4 Å². The molecule has 1 fully saturated rings. The Balaban J connectivity index is 1.63. The Labute approximate surface area is 170 Å². The summed E-state index contributed by atoms with van der Waals surface area (Å²) in [6.07, 6.45) is 3.01. The summed E-state index contributed by atoms with van der Waals surface area (Å²) in [6, 6.07) is 19.1. The predicted octanol–water partition coefficient (Wildman–Crippen LogP) is 2.56. The molecule has 4 rings (SSSR count). The SMILES string of the molecule is Cn1cnc(S(=O)(=O)N2C[C@H](Nc3ccc(C#N)cc3)[C@@H](c3ccccc3)C2)c1. The van der Waals surface area contributed by atoms with Crippen molar-refractivity contribution in [1.29, 1.82) is 5.26 Å². The van der Waals surface area contributed by atoms with Crippen molar-refractivity contribution in [2.75, 3.05) is 18.4 Å². The van der Waals surface area contributed by atoms with Gasteiger partial charge in [0.25, 0.3) is 10.0 Å². The van der Waals surface area contributed by atoms with Gasteiger partial charge in [-0.2, -0.15) is 9.57 Å². The minimum absolute atomic E-state index is 0.00895. The molecule has 0 bridgehead atoms. The van der Waals surface area contributed by atoms with Crippen molar-refractivity contribution in [3.8, 4) is 6.07 Å². The average Bonchev–Trinajstić information content (AvgIpc) is 3.36. The van der Waals surface area contributed by atoms with E-state index in [1.807, 2.05) is 42.5 Å². The van der Waals surface area contributed by atoms with Crippen molar-refractivity contribution >= 4 is 15.7 Å². The summed E-state index contributed by atoms with van der Waals surface area (Å²) in [5, 5.41) is 12.5. The number of aromatic nitrogens is 2. The van der Waals surface area contributed by atoms with Crippen LogP contribution in [0.5, 0.6) is 0 Å². The number of rotatable bonds is 5. The van der Waals surface area contributed by atoms with E-state index in [0.29, 0.717) is 18.7 Å². The summed E-state index contributed by atoms with van der Waals surface area (Å²) in [6.45, 7) is 0.704. The highest BCUT2D eigenvalue weighted by Crippen LogP contribution is 2.33. The van der Waals surface area contributed by atoms with Crippen molar-refractivity contribution in [1.82, 2.24) is 13.9 Å². The summed E-state index contributed by atoms with van der Waals surface area (Å²) in [7, 11) is -1.93. The molecule has 2 atom stereocenters. The highest BCUT2D eigenvalue weighted by molar-refractivity contribution is 7.89. The van der Waals surface area contributed by atoms with Crippen molar-refractivity contribution < 1.29 is 8.42 Å². The van der Waals surface area contributed by atoms with Crippen LogP contribution in [0.25, 0.3) is 0 Å². The van der Waals surface area contributed by atoms with Crippen LogP contribution in [0.2, 0.25) is 0 Å². The Morgan fingerprint density at radius 2 is 1.83 bits per heavy atom. The van der Waals surface area contributed by atoms with E-state index in [1.165, 1.54) is 16.8 Å². The molecule has 1 N–H and O–H groups in total. The Morgan fingerprint density at radius 1 is 1.10 bits per heavy atom. The minimum atomic E-state index is -3.68. The molecule has 0 amide bonds. The Bertz CT molecular complexity index is 1130. The summed E-state index contributed by atoms with van der Waals surface area (Å²) >= 11 is 0. The van der Waals surface area contributed by atoms with Crippen molar-refractivity contribution in [3.63, 3.8) is 0 Å². The second kappa shape index (κ2) is 7.70. The van der Waals surface area contributed by atoms with Crippen molar-refractivity contribution in [2.24, 2.45) is 7.05 Å². The fourth-order valence-corrected chi connectivity index (χ4v) is 5.12. The molecule has 7 nitrogen and oxygen atoms in total. The topological polar surface area (TPSA) is 91.0 Å². The zero-order chi connectivity index (χ0) is 20.4. The standard InChI is InChI=1S/C21H21N5O2S/c1-25-14-21(23-15-25)29(27,28)26-12-19(17-5-3-2-4-6-17)20(13-26)24-18-9-7-16(11-22)8-10-18/h2-10,14-15,19-20,24H,12-13H2,1H3/t19-,20+/m1/s1. The molecule has 148 valence electrons. The molecule has 8 heteroatoms. The van der Waals surface area contributed by atoms with Gasteiger partial charge in [0.1, 0.15) is 0 Å². The molecule has 0 unspecified atom stereocenters. The zero-order valence-corrected chi connectivity index (χ0v) is 16.7. The van der Waals surface area contributed by atoms with Crippen LogP contribution < -0.4 is 5.32 Å². The van der Waals surface area contributed by atoms with Gasteiger partial charge in [-0.15, -0.1) is 0 Å². The molecule has 0 saturated carbocycles. The lowest BCUT2D eigenvalue weighted by atomic mass is 9.94. The van der Waals surface area contributed by atoms with Crippen LogP contribution in [0, 0.1) is 11.3 Å². The molecular formula is C21H21N5O2S. The number of nitrogens with zero attached hydrogens (tertiary/aromatic N) is 4. The first-order valence-corrected chi connectivity index (χ1v) is 10.7. The third-order valence-electron chi connectivity index (χ3n) is 5.17. The van der Waals surface area contributed by atoms with E-state index in [-0.39, 0.29) is 17.0 Å². The average molecular weight is 407 g/mol. The Morgan fingerprint density at radius 3 is 2.45 bits per heavy atom. The number of hydrogen-bond donors (Lipinski definition) is 1. The molecule has 0 spiro atoms. The number of hydrogen-bond acceptors (Lipinski definition) is 5. The van der Waals surface area contributed by atoms with Crippen LogP contribution in [0.1, 0.15) is 17.0 Å². The van der Waals surface area contributed by atoms with Crippen LogP contribution in [0.4, 0.5) is 5.69 Å². The third kappa shape index (κ3) is 3.88. The number of imidazole rings is 1. The lowest BCUT2D eigenvalue weighted by Gasteiger charge is -2.21. The van der Waals surface area contributed by atoms with Crippen LogP contribution in [0.3, 0.4) is 0 Å². The zero-order valence-electron chi connectivity index (χ0n) is 15.9. The van der Waals surface area contributed by atoms with Gasteiger partial charge in [0.2, 0.25) is 0 Å². The van der Waals surface area contributed by atoms with Crippen LogP contribution in [-0.4, -0.2) is 41.4 Å². The van der Waals surface area contributed by atoms with Gasteiger partial charge in [-0.1, -0.05) is 30.3 Å². The van der Waals surface area contributed by atoms with E-state index in [9.17, 15) is 8.42 Å². The van der Waals surface area contributed by atoms with E-state index in [4.69, 9.17) is 5.26 Å². The molecule has 1 aliphatic rings. The summed E-state index contributed by atoms with van der Waals surface area (Å²) in [4.78, 5) is 4.04. The second-order valence-corrected chi connectivity index (χ2v) is 9.04. The smallest absolute Gasteiger partial charge is 0.262 e. The quantitative estimate of drug-likeness (QED) is 0.702. The van der Waals surface area contributed by atoms with Crippen LogP contribution in [-0.2, 0) is 17.1 Å². The van der Waals surface area contributed by atoms with Crippen LogP contribution in [0.15, 0.2) is 72.1 Å². The minimum Gasteiger partial charge on any atom is -0.380 e. The number of benzene rings is 2. The first kappa shape index (κ1) is 19.2. The first-order chi connectivity index (χ1) is 14.0. The maximum atomic E-state index is 13.1. The lowest BCUT2D eigenvalue weighted by molar-refractivity contribution is 0.468. The van der Waals surface area contributed by atoms with E-state index in [0.717, 1.165) is 11.3 Å². The molecule has 2 aromatic carbocycles. The molecule has 29 heavy (non-hydrogen) atoms. The van der Waals surface area contributed by atoms with Crippen molar-refractivity contribution in [3.05, 3.63) is 78.2 Å². The Kier molecular flexibility index (Phi) is 5.09. The second-order valence-electron chi connectivity index (χ2n) is 7.16. The highest BCUT2D eigenvalue weighted by atomic mass is 32.2. The predicted molar refractivity (Wildman–Crippen MR) is 110 cm³/mol. The summed E-state index contributed by atoms with van der Waals surface area (Å²) < 4.78 is 29.3. The molecule has 1 aromatic heterocycles. The number of nitrogens with one attached hydrogen (secondary N) is 1. The van der Waals surface area contributed by atoms with E-state index < -0.39 is 10.0 Å². The van der Waals surface area contributed by atoms with Gasteiger partial charge in [-0.05, 0) is 29.8 Å². The molecule has 1 aliphatic heterocycles. The van der Waals surface area contributed by atoms with Gasteiger partial charge in [-0.3, -0.25) is 0 Å². The maximum absolute atomic E-state index is 13.1. The molecule has 0 radical (unpaired) electrons. The highest BCUT2D eigenvalue weighted by Gasteiger charge is 2.40. The molecule has 1 saturated heterocycles. The van der Waals surface area contributed by atoms with Gasteiger partial charge in [-0.25, -0.2) is 13.4 Å². The maximum Gasteiger partial charge on any atom is 0.262 e. The fraction of sp³-hybridized carbons (Fsp3) is 0.238. The molecule has 2 heterocycles. The van der Waals surface area contributed by atoms with Gasteiger partial charge in [0.15, 0.2) is 5.03 Å². The van der Waals surface area contributed by atoms with E-state index >= 15 is 0 Å². The monoisotopic (exact) mass is 407 g/mol. The Hall–Kier alpha value is -3.15. The van der Waals surface area contributed by atoms with Gasteiger partial charge < -0.3 is 9.88 Å². The fourth-order valence-electron chi connectivity index (χ4n) is 3.66.